The zero-order valence-electron chi connectivity index (χ0n) is 8.26. The van der Waals surface area contributed by atoms with Gasteiger partial charge in [-0.1, -0.05) is 6.07 Å². The first kappa shape index (κ1) is 10.1. The topological polar surface area (TPSA) is 27.1 Å². The lowest BCUT2D eigenvalue weighted by molar-refractivity contribution is 0.441. The third-order valence-electron chi connectivity index (χ3n) is 2.58. The fourth-order valence-corrected chi connectivity index (χ4v) is 1.76. The molecule has 2 rings (SSSR count). The average Bonchev–Trinajstić information content (AvgIpc) is 2.59. The Balaban J connectivity index is 2.10. The first-order valence-corrected chi connectivity index (χ1v) is 4.93. The number of halogens is 2. The van der Waals surface area contributed by atoms with Crippen LogP contribution in [0, 0.1) is 17.0 Å². The molecule has 0 atom stereocenters. The predicted octanol–water partition coefficient (Wildman–Crippen LogP) is 2.54. The standard InChI is InChI=1S/C11H12F2N2/c12-9-4-3-8(6-10(9)13)7-15-5-1-2-11(15)14/h3-4,6,14H,1-2,5,7H2. The number of nitrogens with one attached hydrogen (secondary N) is 1. The summed E-state index contributed by atoms with van der Waals surface area (Å²) in [4.78, 5) is 1.88. The van der Waals surface area contributed by atoms with Crippen LogP contribution in [-0.2, 0) is 6.54 Å². The Kier molecular flexibility index (Phi) is 2.66. The van der Waals surface area contributed by atoms with E-state index in [4.69, 9.17) is 5.41 Å². The quantitative estimate of drug-likeness (QED) is 0.797. The molecule has 0 aromatic heterocycles. The van der Waals surface area contributed by atoms with E-state index in [-0.39, 0.29) is 0 Å². The normalized spacial score (nSPS) is 16.1. The molecule has 0 radical (unpaired) electrons. The lowest BCUT2D eigenvalue weighted by Gasteiger charge is -2.17. The predicted molar refractivity (Wildman–Crippen MR) is 53.7 cm³/mol. The molecular formula is C11H12F2N2. The Morgan fingerprint density at radius 2 is 2.07 bits per heavy atom. The number of hydrogen-bond donors (Lipinski definition) is 1. The minimum atomic E-state index is -0.824. The molecule has 1 aliphatic rings. The van der Waals surface area contributed by atoms with Gasteiger partial charge in [0, 0.05) is 19.5 Å². The zero-order chi connectivity index (χ0) is 10.8. The largest absolute Gasteiger partial charge is 0.356 e. The van der Waals surface area contributed by atoms with Gasteiger partial charge < -0.3 is 4.90 Å². The lowest BCUT2D eigenvalue weighted by Crippen LogP contribution is -2.23. The molecule has 1 aromatic rings. The van der Waals surface area contributed by atoms with E-state index in [2.05, 4.69) is 0 Å². The van der Waals surface area contributed by atoms with Gasteiger partial charge >= 0.3 is 0 Å². The highest BCUT2D eigenvalue weighted by Gasteiger charge is 2.17. The van der Waals surface area contributed by atoms with E-state index in [1.54, 1.807) is 6.07 Å². The van der Waals surface area contributed by atoms with Crippen molar-refractivity contribution in [2.45, 2.75) is 19.4 Å². The van der Waals surface area contributed by atoms with Gasteiger partial charge in [-0.3, -0.25) is 5.41 Å². The Bertz CT molecular complexity index is 390. The Morgan fingerprint density at radius 3 is 2.67 bits per heavy atom. The highest BCUT2D eigenvalue weighted by Crippen LogP contribution is 2.16. The summed E-state index contributed by atoms with van der Waals surface area (Å²) in [6.45, 7) is 1.33. The molecule has 4 heteroatoms. The van der Waals surface area contributed by atoms with Crippen molar-refractivity contribution in [3.63, 3.8) is 0 Å². The van der Waals surface area contributed by atoms with E-state index in [0.717, 1.165) is 25.5 Å². The number of hydrogen-bond acceptors (Lipinski definition) is 1. The second-order valence-corrected chi connectivity index (χ2v) is 3.72. The molecule has 0 unspecified atom stereocenters. The van der Waals surface area contributed by atoms with Gasteiger partial charge in [0.05, 0.1) is 5.84 Å². The number of benzene rings is 1. The van der Waals surface area contributed by atoms with Gasteiger partial charge in [0.15, 0.2) is 11.6 Å². The smallest absolute Gasteiger partial charge is 0.159 e. The summed E-state index contributed by atoms with van der Waals surface area (Å²) in [6.07, 6.45) is 1.76. The molecule has 80 valence electrons. The molecular weight excluding hydrogens is 198 g/mol. The molecule has 2 nitrogen and oxygen atoms in total. The first-order valence-electron chi connectivity index (χ1n) is 4.93. The van der Waals surface area contributed by atoms with Crippen LogP contribution < -0.4 is 0 Å². The van der Waals surface area contributed by atoms with Crippen molar-refractivity contribution >= 4 is 5.84 Å². The van der Waals surface area contributed by atoms with Crippen LogP contribution in [0.4, 0.5) is 8.78 Å². The molecule has 1 N–H and O–H groups in total. The average molecular weight is 210 g/mol. The van der Waals surface area contributed by atoms with Crippen LogP contribution in [0.3, 0.4) is 0 Å². The SMILES string of the molecule is N=C1CCCN1Cc1ccc(F)c(F)c1. The number of likely N-dealkylation sites (tertiary alicyclic amines) is 1. The maximum absolute atomic E-state index is 12.9. The van der Waals surface area contributed by atoms with E-state index in [1.165, 1.54) is 6.07 Å². The van der Waals surface area contributed by atoms with Crippen LogP contribution in [0.25, 0.3) is 0 Å². The van der Waals surface area contributed by atoms with E-state index >= 15 is 0 Å². The van der Waals surface area contributed by atoms with Gasteiger partial charge in [-0.05, 0) is 24.1 Å². The molecule has 1 fully saturated rings. The van der Waals surface area contributed by atoms with E-state index in [1.807, 2.05) is 4.90 Å². The van der Waals surface area contributed by atoms with Crippen LogP contribution >= 0.6 is 0 Å². The molecule has 0 spiro atoms. The first-order chi connectivity index (χ1) is 7.16. The molecule has 1 aliphatic heterocycles. The van der Waals surface area contributed by atoms with Gasteiger partial charge in [-0.25, -0.2) is 8.78 Å². The lowest BCUT2D eigenvalue weighted by atomic mass is 10.2. The van der Waals surface area contributed by atoms with Crippen LogP contribution in [0.1, 0.15) is 18.4 Å². The van der Waals surface area contributed by atoms with Crippen molar-refractivity contribution < 1.29 is 8.78 Å². The Morgan fingerprint density at radius 1 is 1.27 bits per heavy atom. The summed E-state index contributed by atoms with van der Waals surface area (Å²) >= 11 is 0. The van der Waals surface area contributed by atoms with Crippen molar-refractivity contribution in [3.05, 3.63) is 35.4 Å². The van der Waals surface area contributed by atoms with Crippen LogP contribution in [0.5, 0.6) is 0 Å². The Labute approximate surface area is 87.0 Å². The molecule has 0 amide bonds. The zero-order valence-corrected chi connectivity index (χ0v) is 8.26. The monoisotopic (exact) mass is 210 g/mol. The molecule has 1 saturated heterocycles. The van der Waals surface area contributed by atoms with Crippen LogP contribution in [0.15, 0.2) is 18.2 Å². The van der Waals surface area contributed by atoms with Gasteiger partial charge in [-0.2, -0.15) is 0 Å². The summed E-state index contributed by atoms with van der Waals surface area (Å²) < 4.78 is 25.6. The molecule has 0 bridgehead atoms. The second kappa shape index (κ2) is 3.96. The Hall–Kier alpha value is -1.45. The van der Waals surface area contributed by atoms with Gasteiger partial charge in [0.25, 0.3) is 0 Å². The van der Waals surface area contributed by atoms with Crippen molar-refractivity contribution in [2.24, 2.45) is 0 Å². The van der Waals surface area contributed by atoms with Crippen LogP contribution in [0.2, 0.25) is 0 Å². The fourth-order valence-electron chi connectivity index (χ4n) is 1.76. The maximum Gasteiger partial charge on any atom is 0.159 e. The molecule has 1 heterocycles. The van der Waals surface area contributed by atoms with Crippen molar-refractivity contribution in [1.82, 2.24) is 4.90 Å². The highest BCUT2D eigenvalue weighted by molar-refractivity contribution is 5.80. The fraction of sp³-hybridized carbons (Fsp3) is 0.364. The summed E-state index contributed by atoms with van der Waals surface area (Å²) in [7, 11) is 0. The summed E-state index contributed by atoms with van der Waals surface area (Å²) in [6, 6.07) is 3.88. The number of amidine groups is 1. The van der Waals surface area contributed by atoms with Gasteiger partial charge in [0.2, 0.25) is 0 Å². The third kappa shape index (κ3) is 2.14. The summed E-state index contributed by atoms with van der Waals surface area (Å²) in [5.41, 5.74) is 0.709. The molecule has 15 heavy (non-hydrogen) atoms. The van der Waals surface area contributed by atoms with E-state index in [0.29, 0.717) is 17.9 Å². The van der Waals surface area contributed by atoms with Crippen molar-refractivity contribution in [3.8, 4) is 0 Å². The van der Waals surface area contributed by atoms with Gasteiger partial charge in [-0.15, -0.1) is 0 Å². The minimum Gasteiger partial charge on any atom is -0.356 e. The van der Waals surface area contributed by atoms with Crippen LogP contribution in [-0.4, -0.2) is 17.3 Å². The number of rotatable bonds is 2. The molecule has 1 aromatic carbocycles. The minimum absolute atomic E-state index is 0.496. The van der Waals surface area contributed by atoms with Gasteiger partial charge in [0.1, 0.15) is 0 Å². The van der Waals surface area contributed by atoms with Crippen molar-refractivity contribution in [1.29, 1.82) is 5.41 Å². The molecule has 0 saturated carbocycles. The second-order valence-electron chi connectivity index (χ2n) is 3.72. The summed E-state index contributed by atoms with van der Waals surface area (Å²) in [5, 5.41) is 7.61. The number of nitrogens with zero attached hydrogens (tertiary/aromatic N) is 1. The summed E-state index contributed by atoms with van der Waals surface area (Å²) in [5.74, 6) is -1.06. The third-order valence-corrected chi connectivity index (χ3v) is 2.58. The van der Waals surface area contributed by atoms with Crippen molar-refractivity contribution in [2.75, 3.05) is 6.54 Å². The molecule has 0 aliphatic carbocycles. The maximum atomic E-state index is 12.9. The van der Waals surface area contributed by atoms with E-state index in [9.17, 15) is 8.78 Å². The van der Waals surface area contributed by atoms with E-state index < -0.39 is 11.6 Å². The highest BCUT2D eigenvalue weighted by atomic mass is 19.2.